The zero-order valence-electron chi connectivity index (χ0n) is 23.6. The van der Waals surface area contributed by atoms with Gasteiger partial charge in [0.1, 0.15) is 12.6 Å². The molecule has 6 nitrogen and oxygen atoms in total. The number of hydrogen-bond acceptors (Lipinski definition) is 4. The Morgan fingerprint density at radius 3 is 1.53 bits per heavy atom. The number of carboxylic acid groups (broad SMARTS) is 1. The molecule has 36 heavy (non-hydrogen) atoms. The number of amides is 1. The normalized spacial score (nSPS) is 11.8. The van der Waals surface area contributed by atoms with Gasteiger partial charge in [0.05, 0.1) is 0 Å². The SMILES string of the molecule is CCCCCCCCCCCCCC(=O)OC(CCCCCC)CCCCCCC(=O)NCC(=O)O. The Morgan fingerprint density at radius 1 is 0.611 bits per heavy atom. The average molecular weight is 512 g/mol. The Bertz CT molecular complexity index is 537. The lowest BCUT2D eigenvalue weighted by molar-refractivity contribution is -0.150. The summed E-state index contributed by atoms with van der Waals surface area (Å²) >= 11 is 0. The van der Waals surface area contributed by atoms with E-state index in [1.165, 1.54) is 77.0 Å². The minimum atomic E-state index is -1.02. The van der Waals surface area contributed by atoms with E-state index in [0.717, 1.165) is 57.8 Å². The molecule has 2 N–H and O–H groups in total. The first-order valence-corrected chi connectivity index (χ1v) is 15.2. The Morgan fingerprint density at radius 2 is 1.03 bits per heavy atom. The minimum absolute atomic E-state index is 0.0147. The number of nitrogens with one attached hydrogen (secondary N) is 1. The molecule has 1 atom stereocenters. The quantitative estimate of drug-likeness (QED) is 0.0858. The summed E-state index contributed by atoms with van der Waals surface area (Å²) in [6, 6.07) is 0. The number of carboxylic acids is 1. The molecule has 0 saturated heterocycles. The van der Waals surface area contributed by atoms with E-state index in [-0.39, 0.29) is 24.5 Å². The summed E-state index contributed by atoms with van der Waals surface area (Å²) in [5.74, 6) is -1.27. The first kappa shape index (κ1) is 34.4. The van der Waals surface area contributed by atoms with Crippen LogP contribution in [0.5, 0.6) is 0 Å². The van der Waals surface area contributed by atoms with Crippen LogP contribution in [0.25, 0.3) is 0 Å². The minimum Gasteiger partial charge on any atom is -0.480 e. The van der Waals surface area contributed by atoms with Gasteiger partial charge in [0.2, 0.25) is 5.91 Å². The summed E-state index contributed by atoms with van der Waals surface area (Å²) in [7, 11) is 0. The van der Waals surface area contributed by atoms with Crippen molar-refractivity contribution >= 4 is 17.8 Å². The highest BCUT2D eigenvalue weighted by Gasteiger charge is 2.14. The second-order valence-electron chi connectivity index (χ2n) is 10.4. The van der Waals surface area contributed by atoms with Crippen LogP contribution in [0.3, 0.4) is 0 Å². The molecule has 0 aromatic heterocycles. The lowest BCUT2D eigenvalue weighted by Crippen LogP contribution is -2.28. The summed E-state index contributed by atoms with van der Waals surface area (Å²) in [5.41, 5.74) is 0. The van der Waals surface area contributed by atoms with Gasteiger partial charge in [-0.05, 0) is 38.5 Å². The van der Waals surface area contributed by atoms with Crippen molar-refractivity contribution in [3.05, 3.63) is 0 Å². The fourth-order valence-electron chi connectivity index (χ4n) is 4.51. The summed E-state index contributed by atoms with van der Waals surface area (Å²) < 4.78 is 5.86. The van der Waals surface area contributed by atoms with Crippen LogP contribution in [-0.4, -0.2) is 35.6 Å². The van der Waals surface area contributed by atoms with Crippen LogP contribution in [0.1, 0.15) is 162 Å². The molecular formula is C30H57NO5. The summed E-state index contributed by atoms with van der Waals surface area (Å²) in [5, 5.41) is 11.0. The third-order valence-electron chi connectivity index (χ3n) is 6.78. The number of unbranched alkanes of at least 4 members (excludes halogenated alkanes) is 16. The second kappa shape index (κ2) is 26.5. The fraction of sp³-hybridized carbons (Fsp3) is 0.900. The standard InChI is InChI=1S/C30H57NO5/c1-3-5-7-9-10-11-12-13-14-15-21-25-30(35)36-27(22-18-8-6-4-2)23-19-16-17-20-24-28(32)31-26-29(33)34/h27H,3-26H2,1-2H3,(H,31,32)(H,33,34). The third-order valence-corrected chi connectivity index (χ3v) is 6.78. The molecule has 0 rings (SSSR count). The van der Waals surface area contributed by atoms with Gasteiger partial charge in [-0.3, -0.25) is 14.4 Å². The van der Waals surface area contributed by atoms with E-state index in [9.17, 15) is 14.4 Å². The number of hydrogen-bond donors (Lipinski definition) is 2. The highest BCUT2D eigenvalue weighted by Crippen LogP contribution is 2.18. The molecule has 0 fully saturated rings. The summed E-state index contributed by atoms with van der Waals surface area (Å²) in [4.78, 5) is 34.5. The van der Waals surface area contributed by atoms with Crippen molar-refractivity contribution in [1.29, 1.82) is 0 Å². The molecule has 0 saturated carbocycles. The van der Waals surface area contributed by atoms with E-state index in [1.54, 1.807) is 0 Å². The van der Waals surface area contributed by atoms with Gasteiger partial charge in [0.25, 0.3) is 0 Å². The van der Waals surface area contributed by atoms with E-state index in [2.05, 4.69) is 19.2 Å². The van der Waals surface area contributed by atoms with Gasteiger partial charge in [0, 0.05) is 12.8 Å². The molecule has 212 valence electrons. The molecule has 1 amide bonds. The molecule has 0 bridgehead atoms. The molecule has 0 heterocycles. The van der Waals surface area contributed by atoms with E-state index in [4.69, 9.17) is 9.84 Å². The number of aliphatic carboxylic acids is 1. The molecular weight excluding hydrogens is 454 g/mol. The van der Waals surface area contributed by atoms with Crippen LogP contribution in [0.15, 0.2) is 0 Å². The van der Waals surface area contributed by atoms with Crippen molar-refractivity contribution in [1.82, 2.24) is 5.32 Å². The van der Waals surface area contributed by atoms with E-state index in [0.29, 0.717) is 12.8 Å². The zero-order chi connectivity index (χ0) is 26.7. The van der Waals surface area contributed by atoms with Crippen LogP contribution in [0.4, 0.5) is 0 Å². The summed E-state index contributed by atoms with van der Waals surface area (Å²) in [6.45, 7) is 4.14. The first-order chi connectivity index (χ1) is 17.5. The maximum atomic E-state index is 12.4. The monoisotopic (exact) mass is 511 g/mol. The Labute approximate surface area is 221 Å². The van der Waals surface area contributed by atoms with Crippen LogP contribution in [-0.2, 0) is 19.1 Å². The summed E-state index contributed by atoms with van der Waals surface area (Å²) in [6.07, 6.45) is 25.2. The smallest absolute Gasteiger partial charge is 0.322 e. The number of esters is 1. The largest absolute Gasteiger partial charge is 0.480 e. The number of rotatable bonds is 27. The van der Waals surface area contributed by atoms with Gasteiger partial charge < -0.3 is 15.2 Å². The van der Waals surface area contributed by atoms with Gasteiger partial charge in [-0.15, -0.1) is 0 Å². The lowest BCUT2D eigenvalue weighted by atomic mass is 10.0. The molecule has 0 aliphatic heterocycles. The van der Waals surface area contributed by atoms with Gasteiger partial charge >= 0.3 is 11.9 Å². The van der Waals surface area contributed by atoms with Crippen molar-refractivity contribution in [3.63, 3.8) is 0 Å². The van der Waals surface area contributed by atoms with Gasteiger partial charge in [-0.25, -0.2) is 0 Å². The van der Waals surface area contributed by atoms with E-state index >= 15 is 0 Å². The van der Waals surface area contributed by atoms with Crippen LogP contribution in [0.2, 0.25) is 0 Å². The van der Waals surface area contributed by atoms with Crippen LogP contribution >= 0.6 is 0 Å². The molecule has 0 aromatic rings. The third kappa shape index (κ3) is 25.5. The Kier molecular flexibility index (Phi) is 25.3. The van der Waals surface area contributed by atoms with Crippen LogP contribution in [0, 0.1) is 0 Å². The fourth-order valence-corrected chi connectivity index (χ4v) is 4.51. The topological polar surface area (TPSA) is 92.7 Å². The maximum absolute atomic E-state index is 12.4. The number of carbonyl (C=O) groups is 3. The highest BCUT2D eigenvalue weighted by molar-refractivity contribution is 5.80. The van der Waals surface area contributed by atoms with E-state index in [1.807, 2.05) is 0 Å². The lowest BCUT2D eigenvalue weighted by Gasteiger charge is -2.18. The molecule has 0 radical (unpaired) electrons. The van der Waals surface area contributed by atoms with Crippen molar-refractivity contribution < 1.29 is 24.2 Å². The zero-order valence-corrected chi connectivity index (χ0v) is 23.6. The van der Waals surface area contributed by atoms with Crippen molar-refractivity contribution in [3.8, 4) is 0 Å². The van der Waals surface area contributed by atoms with Crippen molar-refractivity contribution in [2.45, 2.75) is 168 Å². The average Bonchev–Trinajstić information content (AvgIpc) is 2.85. The van der Waals surface area contributed by atoms with Gasteiger partial charge in [-0.2, -0.15) is 0 Å². The Hall–Kier alpha value is -1.59. The molecule has 0 aliphatic rings. The van der Waals surface area contributed by atoms with Crippen molar-refractivity contribution in [2.24, 2.45) is 0 Å². The van der Waals surface area contributed by atoms with Gasteiger partial charge in [0.15, 0.2) is 0 Å². The highest BCUT2D eigenvalue weighted by atomic mass is 16.5. The van der Waals surface area contributed by atoms with Crippen molar-refractivity contribution in [2.75, 3.05) is 6.54 Å². The second-order valence-corrected chi connectivity index (χ2v) is 10.4. The molecule has 6 heteroatoms. The van der Waals surface area contributed by atoms with E-state index < -0.39 is 5.97 Å². The molecule has 1 unspecified atom stereocenters. The predicted octanol–water partition coefficient (Wildman–Crippen LogP) is 8.11. The predicted molar refractivity (Wildman–Crippen MR) is 148 cm³/mol. The van der Waals surface area contributed by atoms with Crippen LogP contribution < -0.4 is 5.32 Å². The number of ether oxygens (including phenoxy) is 1. The number of carbonyl (C=O) groups excluding carboxylic acids is 2. The molecule has 0 aromatic carbocycles. The first-order valence-electron chi connectivity index (χ1n) is 15.2. The van der Waals surface area contributed by atoms with Gasteiger partial charge in [-0.1, -0.05) is 110 Å². The molecule has 0 spiro atoms. The Balaban J connectivity index is 3.95. The molecule has 0 aliphatic carbocycles. The maximum Gasteiger partial charge on any atom is 0.322 e.